The molecular weight excluding hydrogens is 324 g/mol. The summed E-state index contributed by atoms with van der Waals surface area (Å²) in [6, 6.07) is 4.40. The normalized spacial score (nSPS) is 10.4. The van der Waals surface area contributed by atoms with Gasteiger partial charge in [-0.3, -0.25) is 23.7 Å². The summed E-state index contributed by atoms with van der Waals surface area (Å²) in [5.41, 5.74) is -1.12. The third-order valence-corrected chi connectivity index (χ3v) is 3.34. The Morgan fingerprint density at radius 1 is 1.30 bits per heavy atom. The molecule has 9 heteroatoms. The number of aryl methyl sites for hydroxylation is 1. The highest BCUT2D eigenvalue weighted by Crippen LogP contribution is 2.20. The summed E-state index contributed by atoms with van der Waals surface area (Å²) in [7, 11) is 0. The van der Waals surface area contributed by atoms with Crippen LogP contribution in [0.1, 0.15) is 11.2 Å². The summed E-state index contributed by atoms with van der Waals surface area (Å²) < 4.78 is 2.49. The molecular formula is C14H13ClN4O4. The van der Waals surface area contributed by atoms with Crippen molar-refractivity contribution in [3.8, 4) is 5.75 Å². The highest BCUT2D eigenvalue weighted by Gasteiger charge is 2.12. The van der Waals surface area contributed by atoms with E-state index in [2.05, 4.69) is 9.97 Å². The number of imidazole rings is 1. The maximum atomic E-state index is 12.0. The number of aromatic hydroxyl groups is 1. The lowest BCUT2D eigenvalue weighted by molar-refractivity contribution is 0.0896. The average molecular weight is 337 g/mol. The molecule has 0 amide bonds. The Balaban J connectivity index is 0.00000192. The molecule has 2 N–H and O–H groups in total. The Kier molecular flexibility index (Phi) is 4.65. The highest BCUT2D eigenvalue weighted by molar-refractivity contribution is 5.85. The number of nitrogens with zero attached hydrogens (tertiary/aromatic N) is 3. The maximum absolute atomic E-state index is 12.0. The number of carbonyl (C=O) groups excluding carboxylic acids is 1. The van der Waals surface area contributed by atoms with Crippen LogP contribution in [0, 0.1) is 0 Å². The van der Waals surface area contributed by atoms with E-state index in [0.29, 0.717) is 0 Å². The van der Waals surface area contributed by atoms with Crippen LogP contribution < -0.4 is 11.2 Å². The van der Waals surface area contributed by atoms with E-state index in [-0.39, 0.29) is 47.9 Å². The third-order valence-electron chi connectivity index (χ3n) is 3.34. The van der Waals surface area contributed by atoms with Crippen LogP contribution in [0.25, 0.3) is 10.9 Å². The van der Waals surface area contributed by atoms with Crippen molar-refractivity contribution in [3.05, 3.63) is 57.8 Å². The predicted octanol–water partition coefficient (Wildman–Crippen LogP) is 0.744. The largest absolute Gasteiger partial charge is 0.506 e. The molecule has 3 rings (SSSR count). The first-order chi connectivity index (χ1) is 10.6. The van der Waals surface area contributed by atoms with E-state index in [1.165, 1.54) is 46.1 Å². The van der Waals surface area contributed by atoms with Crippen molar-refractivity contribution < 1.29 is 9.90 Å². The fourth-order valence-electron chi connectivity index (χ4n) is 2.29. The second-order valence-electron chi connectivity index (χ2n) is 4.70. The lowest BCUT2D eigenvalue weighted by Gasteiger charge is -2.10. The third kappa shape index (κ3) is 3.02. The molecule has 1 aromatic carbocycles. The van der Waals surface area contributed by atoms with E-state index in [1.807, 2.05) is 0 Å². The number of H-pyrrole nitrogens is 1. The van der Waals surface area contributed by atoms with E-state index in [1.54, 1.807) is 0 Å². The summed E-state index contributed by atoms with van der Waals surface area (Å²) in [4.78, 5) is 41.6. The minimum atomic E-state index is -0.669. The van der Waals surface area contributed by atoms with Crippen LogP contribution in [0.5, 0.6) is 5.75 Å². The number of rotatable bonds is 3. The highest BCUT2D eigenvalue weighted by atomic mass is 35.5. The molecule has 0 radical (unpaired) electrons. The molecule has 120 valence electrons. The molecule has 0 unspecified atom stereocenters. The Morgan fingerprint density at radius 3 is 2.78 bits per heavy atom. The average Bonchev–Trinajstić information content (AvgIpc) is 3.01. The van der Waals surface area contributed by atoms with Gasteiger partial charge in [0.2, 0.25) is 5.91 Å². The monoisotopic (exact) mass is 336 g/mol. The fourth-order valence-corrected chi connectivity index (χ4v) is 2.29. The lowest BCUT2D eigenvalue weighted by atomic mass is 10.2. The second-order valence-corrected chi connectivity index (χ2v) is 4.70. The van der Waals surface area contributed by atoms with Crippen LogP contribution in [0.15, 0.2) is 46.5 Å². The summed E-state index contributed by atoms with van der Waals surface area (Å²) in [6.45, 7) is 0.0285. The smallest absolute Gasteiger partial charge is 0.328 e. The molecule has 3 aromatic rings. The first kappa shape index (κ1) is 16.5. The number of phenols is 1. The zero-order valence-electron chi connectivity index (χ0n) is 11.8. The lowest BCUT2D eigenvalue weighted by Crippen LogP contribution is -2.31. The SMILES string of the molecule is Cl.O=C(CCn1c(=O)[nH]c(=O)c2cccc(O)c21)n1ccnc1. The molecule has 0 saturated carbocycles. The zero-order valence-corrected chi connectivity index (χ0v) is 12.6. The number of para-hydroxylation sites is 1. The second kappa shape index (κ2) is 6.49. The van der Waals surface area contributed by atoms with E-state index < -0.39 is 11.2 Å². The van der Waals surface area contributed by atoms with Crippen LogP contribution in [-0.2, 0) is 6.54 Å². The molecule has 0 saturated heterocycles. The topological polar surface area (TPSA) is 110 Å². The number of phenolic OH excluding ortho intramolecular Hbond substituents is 1. The van der Waals surface area contributed by atoms with Crippen LogP contribution in [0.2, 0.25) is 0 Å². The summed E-state index contributed by atoms with van der Waals surface area (Å²) in [5, 5.41) is 10.1. The van der Waals surface area contributed by atoms with Crippen molar-refractivity contribution in [2.75, 3.05) is 0 Å². The maximum Gasteiger partial charge on any atom is 0.328 e. The fraction of sp³-hybridized carbons (Fsp3) is 0.143. The van der Waals surface area contributed by atoms with Crippen molar-refractivity contribution in [2.45, 2.75) is 13.0 Å². The van der Waals surface area contributed by atoms with Crippen molar-refractivity contribution in [3.63, 3.8) is 0 Å². The van der Waals surface area contributed by atoms with Crippen LogP contribution in [0.3, 0.4) is 0 Å². The number of benzene rings is 1. The molecule has 0 aliphatic rings. The van der Waals surface area contributed by atoms with Gasteiger partial charge in [0, 0.05) is 25.4 Å². The van der Waals surface area contributed by atoms with E-state index >= 15 is 0 Å². The minimum Gasteiger partial charge on any atom is -0.506 e. The Morgan fingerprint density at radius 2 is 2.09 bits per heavy atom. The van der Waals surface area contributed by atoms with Crippen molar-refractivity contribution >= 4 is 29.2 Å². The first-order valence-corrected chi connectivity index (χ1v) is 6.54. The van der Waals surface area contributed by atoms with Crippen molar-refractivity contribution in [1.82, 2.24) is 19.1 Å². The van der Waals surface area contributed by atoms with Crippen LogP contribution in [0.4, 0.5) is 0 Å². The number of aromatic amines is 1. The quantitative estimate of drug-likeness (QED) is 0.733. The molecule has 8 nitrogen and oxygen atoms in total. The molecule has 2 heterocycles. The van der Waals surface area contributed by atoms with Gasteiger partial charge in [-0.1, -0.05) is 6.07 Å². The van der Waals surface area contributed by atoms with E-state index in [0.717, 1.165) is 0 Å². The number of nitrogens with one attached hydrogen (secondary N) is 1. The van der Waals surface area contributed by atoms with Gasteiger partial charge < -0.3 is 5.11 Å². The summed E-state index contributed by atoms with van der Waals surface area (Å²) in [5.74, 6) is -0.435. The van der Waals surface area contributed by atoms with Gasteiger partial charge in [0.15, 0.2) is 0 Å². The van der Waals surface area contributed by atoms with Gasteiger partial charge >= 0.3 is 5.69 Å². The molecule has 0 fully saturated rings. The molecule has 0 bridgehead atoms. The number of halogens is 1. The Hall–Kier alpha value is -2.87. The molecule has 0 spiro atoms. The van der Waals surface area contributed by atoms with Gasteiger partial charge in [0.1, 0.15) is 17.6 Å². The van der Waals surface area contributed by atoms with Gasteiger partial charge in [-0.25, -0.2) is 9.78 Å². The van der Waals surface area contributed by atoms with Gasteiger partial charge in [-0.15, -0.1) is 12.4 Å². The van der Waals surface area contributed by atoms with Gasteiger partial charge in [-0.2, -0.15) is 0 Å². The summed E-state index contributed by atoms with van der Waals surface area (Å²) in [6.07, 6.45) is 4.37. The number of fused-ring (bicyclic) bond motifs is 1. The van der Waals surface area contributed by atoms with Gasteiger partial charge in [0.25, 0.3) is 5.56 Å². The Labute approximate surface area is 135 Å². The summed E-state index contributed by atoms with van der Waals surface area (Å²) >= 11 is 0. The first-order valence-electron chi connectivity index (χ1n) is 6.54. The van der Waals surface area contributed by atoms with Crippen molar-refractivity contribution in [2.24, 2.45) is 0 Å². The van der Waals surface area contributed by atoms with Gasteiger partial charge in [0.05, 0.1) is 5.39 Å². The number of aromatic nitrogens is 4. The van der Waals surface area contributed by atoms with Crippen LogP contribution >= 0.6 is 12.4 Å². The van der Waals surface area contributed by atoms with Crippen LogP contribution in [-0.4, -0.2) is 30.1 Å². The zero-order chi connectivity index (χ0) is 15.7. The van der Waals surface area contributed by atoms with Crippen molar-refractivity contribution in [1.29, 1.82) is 0 Å². The number of hydrogen-bond donors (Lipinski definition) is 2. The number of hydrogen-bond acceptors (Lipinski definition) is 5. The molecule has 2 aromatic heterocycles. The Bertz CT molecular complexity index is 959. The molecule has 23 heavy (non-hydrogen) atoms. The minimum absolute atomic E-state index is 0. The van der Waals surface area contributed by atoms with E-state index in [4.69, 9.17) is 0 Å². The van der Waals surface area contributed by atoms with E-state index in [9.17, 15) is 19.5 Å². The predicted molar refractivity (Wildman–Crippen MR) is 85.2 cm³/mol. The standard InChI is InChI=1S/C14H12N4O4.ClH/c19-10-3-1-2-9-12(10)18(14(22)16-13(9)21)6-4-11(20)17-7-5-15-8-17;/h1-3,5,7-8,19H,4,6H2,(H,16,21,22);1H. The number of carbonyl (C=O) groups is 1. The molecule has 0 aliphatic heterocycles. The van der Waals surface area contributed by atoms with Gasteiger partial charge in [-0.05, 0) is 12.1 Å². The molecule has 0 atom stereocenters. The molecule has 0 aliphatic carbocycles.